The molecule has 2 aromatic heterocycles. The highest BCUT2D eigenvalue weighted by molar-refractivity contribution is 8.00. The lowest BCUT2D eigenvalue weighted by atomic mass is 9.30. The van der Waals surface area contributed by atoms with Crippen molar-refractivity contribution in [2.45, 2.75) is 62.2 Å². The normalized spacial score (nSPS) is 13.7. The van der Waals surface area contributed by atoms with Crippen molar-refractivity contribution >= 4 is 153 Å². The van der Waals surface area contributed by atoms with Gasteiger partial charge in [0.2, 0.25) is 6.71 Å². The van der Waals surface area contributed by atoms with Crippen LogP contribution in [0.5, 0.6) is 0 Å². The van der Waals surface area contributed by atoms with Gasteiger partial charge in [-0.2, -0.15) is 0 Å². The summed E-state index contributed by atoms with van der Waals surface area (Å²) in [5.41, 5.74) is 30.1. The highest BCUT2D eigenvalue weighted by Crippen LogP contribution is 2.55. The van der Waals surface area contributed by atoms with Crippen LogP contribution >= 0.6 is 11.8 Å². The predicted molar refractivity (Wildman–Crippen MR) is 400 cm³/mol. The molecule has 0 radical (unpaired) electrons. The van der Waals surface area contributed by atoms with Crippen molar-refractivity contribution in [1.82, 2.24) is 4.57 Å². The zero-order valence-corrected chi connectivity index (χ0v) is 54.1. The van der Waals surface area contributed by atoms with Crippen LogP contribution < -0.4 is 47.5 Å². The van der Waals surface area contributed by atoms with E-state index in [1.807, 2.05) is 11.8 Å². The van der Waals surface area contributed by atoms with Crippen molar-refractivity contribution < 1.29 is 4.42 Å². The minimum atomic E-state index is -0.214. The number of furan rings is 1. The van der Waals surface area contributed by atoms with Crippen LogP contribution in [0.3, 0.4) is 0 Å². The van der Waals surface area contributed by atoms with Crippen LogP contribution in [0.2, 0.25) is 0 Å². The van der Waals surface area contributed by atoms with Crippen LogP contribution in [0.15, 0.2) is 293 Å². The van der Waals surface area contributed by atoms with Gasteiger partial charge in [-0.15, -0.1) is 0 Å². The standard InChI is InChI=1S/C86H64B2N4OS/c1-85(2,3)55-45-41-53(42-46-55)60-33-24-34-61(54-43-47-56(48-44-54)86(4,5)6)82(60)92-71-50-70-66(49-67(71)87-64-35-18-21-38-69(64)91(59-29-14-9-15-30-59)83-79-63-32-17-22-39-75(63)93-76(79)52-74(92)80(83)87)88-65-36-19-23-40-77(65)94-84-78-62-31-16-20-37-68(62)89(57-25-10-7-11-26-57)72(78)51-73(81(84)88)90(70)58-27-12-8-13-28-58/h7-52H,1-6H3. The summed E-state index contributed by atoms with van der Waals surface area (Å²) in [6.45, 7) is 13.5. The second-order valence-electron chi connectivity index (χ2n) is 27.9. The summed E-state index contributed by atoms with van der Waals surface area (Å²) in [5.74, 6) is 0. The van der Waals surface area contributed by atoms with E-state index >= 15 is 0 Å². The van der Waals surface area contributed by atoms with Gasteiger partial charge >= 0.3 is 0 Å². The molecule has 4 aliphatic rings. The molecule has 0 fully saturated rings. The maximum absolute atomic E-state index is 7.30. The highest BCUT2D eigenvalue weighted by atomic mass is 32.2. The van der Waals surface area contributed by atoms with Gasteiger partial charge in [0.25, 0.3) is 6.71 Å². The minimum absolute atomic E-state index is 0.0364. The van der Waals surface area contributed by atoms with E-state index in [-0.39, 0.29) is 24.3 Å². The number of rotatable bonds is 6. The predicted octanol–water partition coefficient (Wildman–Crippen LogP) is 19.5. The number of nitrogens with zero attached hydrogens (tertiary/aromatic N) is 4. The van der Waals surface area contributed by atoms with Crippen LogP contribution in [0, 0.1) is 0 Å². The Morgan fingerprint density at radius 3 is 1.53 bits per heavy atom. The molecule has 19 rings (SSSR count). The van der Waals surface area contributed by atoms with Crippen molar-refractivity contribution in [3.63, 3.8) is 0 Å². The number of aromatic nitrogens is 1. The molecule has 13 aromatic carbocycles. The molecule has 6 heterocycles. The second kappa shape index (κ2) is 20.4. The zero-order chi connectivity index (χ0) is 62.9. The van der Waals surface area contributed by atoms with E-state index in [0.717, 1.165) is 95.4 Å². The second-order valence-corrected chi connectivity index (χ2v) is 29.0. The van der Waals surface area contributed by atoms with E-state index in [1.165, 1.54) is 81.2 Å². The van der Waals surface area contributed by atoms with E-state index in [0.29, 0.717) is 0 Å². The monoisotopic (exact) mass is 1220 g/mol. The Morgan fingerprint density at radius 1 is 0.340 bits per heavy atom. The number of benzene rings is 13. The molecule has 0 amide bonds. The molecular formula is C86H64B2N4OS. The number of para-hydroxylation sites is 7. The van der Waals surface area contributed by atoms with Gasteiger partial charge in [0.15, 0.2) is 0 Å². The van der Waals surface area contributed by atoms with Crippen LogP contribution in [0.4, 0.5) is 51.2 Å². The third-order valence-corrected chi connectivity index (χ3v) is 21.7. The largest absolute Gasteiger partial charge is 0.456 e. The molecule has 0 unspecified atom stereocenters. The maximum atomic E-state index is 7.30. The van der Waals surface area contributed by atoms with Crippen molar-refractivity contribution in [3.05, 3.63) is 290 Å². The third kappa shape index (κ3) is 8.05. The zero-order valence-electron chi connectivity index (χ0n) is 53.3. The molecule has 0 saturated carbocycles. The Bertz CT molecular complexity index is 5560. The average Bonchev–Trinajstić information content (AvgIpc) is 1.08. The van der Waals surface area contributed by atoms with Crippen LogP contribution in [-0.4, -0.2) is 18.0 Å². The van der Waals surface area contributed by atoms with Gasteiger partial charge in [0.05, 0.1) is 27.8 Å². The average molecular weight is 1220 g/mol. The van der Waals surface area contributed by atoms with E-state index in [1.54, 1.807) is 0 Å². The Balaban J connectivity index is 0.994. The van der Waals surface area contributed by atoms with Gasteiger partial charge < -0.3 is 23.7 Å². The number of hydrogen-bond donors (Lipinski definition) is 0. The first-order valence-corrected chi connectivity index (χ1v) is 33.8. The molecular weight excluding hydrogens is 1160 g/mol. The summed E-state index contributed by atoms with van der Waals surface area (Å²) >= 11 is 1.94. The number of hydrogen-bond acceptors (Lipinski definition) is 5. The molecule has 5 nitrogen and oxygen atoms in total. The van der Waals surface area contributed by atoms with Gasteiger partial charge in [0.1, 0.15) is 11.2 Å². The molecule has 15 aromatic rings. The Kier molecular flexibility index (Phi) is 12.0. The molecule has 0 bridgehead atoms. The molecule has 94 heavy (non-hydrogen) atoms. The lowest BCUT2D eigenvalue weighted by Gasteiger charge is -2.47. The van der Waals surface area contributed by atoms with Crippen molar-refractivity contribution in [3.8, 4) is 27.9 Å². The minimum Gasteiger partial charge on any atom is -0.456 e. The fraction of sp³-hybridized carbons (Fsp3) is 0.0930. The Hall–Kier alpha value is -10.7. The van der Waals surface area contributed by atoms with E-state index in [9.17, 15) is 0 Å². The first-order valence-electron chi connectivity index (χ1n) is 33.0. The van der Waals surface area contributed by atoms with Gasteiger partial charge in [0, 0.05) is 88.6 Å². The van der Waals surface area contributed by atoms with Crippen molar-refractivity contribution in [2.24, 2.45) is 0 Å². The van der Waals surface area contributed by atoms with E-state index < -0.39 is 0 Å². The molecule has 0 atom stereocenters. The lowest BCUT2D eigenvalue weighted by Crippen LogP contribution is -2.64. The van der Waals surface area contributed by atoms with Gasteiger partial charge in [-0.25, -0.2) is 0 Å². The summed E-state index contributed by atoms with van der Waals surface area (Å²) in [5, 5.41) is 4.74. The lowest BCUT2D eigenvalue weighted by molar-refractivity contribution is 0.590. The van der Waals surface area contributed by atoms with Gasteiger partial charge in [-0.1, -0.05) is 259 Å². The first-order chi connectivity index (χ1) is 45.9. The van der Waals surface area contributed by atoms with Crippen molar-refractivity contribution in [1.29, 1.82) is 0 Å². The summed E-state index contributed by atoms with van der Waals surface area (Å²) in [4.78, 5) is 10.4. The number of fused-ring (bicyclic) bond motifs is 16. The summed E-state index contributed by atoms with van der Waals surface area (Å²) in [6.07, 6.45) is 0. The van der Waals surface area contributed by atoms with E-state index in [4.69, 9.17) is 4.42 Å². The SMILES string of the molecule is CC(C)(C)c1ccc(-c2cccc(-c3ccc(C(C)(C)C)cc3)c2N2c3cc4c(cc3B3c5ccccc5N(c5ccccc5)c5c3c2cc2oc3ccccc3c52)B2c3ccccc3Sc3c2c(cc2c3c3ccccc3n2-c2ccccc2)N4c2ccccc2)cc1. The topological polar surface area (TPSA) is 27.8 Å². The molecule has 0 spiro atoms. The fourth-order valence-corrected chi connectivity index (χ4v) is 17.6. The molecule has 8 heteroatoms. The van der Waals surface area contributed by atoms with Crippen molar-refractivity contribution in [2.75, 3.05) is 14.7 Å². The Morgan fingerprint density at radius 2 is 0.872 bits per heavy atom. The molecule has 0 N–H and O–H groups in total. The molecule has 0 saturated heterocycles. The molecule has 4 aliphatic heterocycles. The quantitative estimate of drug-likeness (QED) is 0.155. The third-order valence-electron chi connectivity index (χ3n) is 20.5. The smallest absolute Gasteiger partial charge is 0.252 e. The summed E-state index contributed by atoms with van der Waals surface area (Å²) < 4.78 is 9.80. The maximum Gasteiger partial charge on any atom is 0.252 e. The molecule has 0 aliphatic carbocycles. The van der Waals surface area contributed by atoms with Crippen LogP contribution in [0.1, 0.15) is 52.7 Å². The first kappa shape index (κ1) is 55.0. The fourth-order valence-electron chi connectivity index (χ4n) is 16.2. The highest BCUT2D eigenvalue weighted by Gasteiger charge is 2.49. The van der Waals surface area contributed by atoms with Crippen LogP contribution in [-0.2, 0) is 10.8 Å². The van der Waals surface area contributed by atoms with Gasteiger partial charge in [-0.3, -0.25) is 0 Å². The summed E-state index contributed by atoms with van der Waals surface area (Å²) in [6, 6.07) is 105. The molecule has 446 valence electrons. The van der Waals surface area contributed by atoms with E-state index in [2.05, 4.69) is 340 Å². The van der Waals surface area contributed by atoms with Crippen LogP contribution in [0.25, 0.3) is 71.7 Å². The Labute approximate surface area is 553 Å². The van der Waals surface area contributed by atoms with Gasteiger partial charge in [-0.05, 0) is 133 Å². The number of anilines is 9. The summed E-state index contributed by atoms with van der Waals surface area (Å²) in [7, 11) is 0.